The highest BCUT2D eigenvalue weighted by Crippen LogP contribution is 2.35. The second-order valence-corrected chi connectivity index (χ2v) is 7.45. The number of carbonyl (C=O) groups is 1. The fourth-order valence-electron chi connectivity index (χ4n) is 2.68. The van der Waals surface area contributed by atoms with Gasteiger partial charge in [0.25, 0.3) is 0 Å². The van der Waals surface area contributed by atoms with E-state index >= 15 is 0 Å². The number of thioether (sulfide) groups is 1. The maximum absolute atomic E-state index is 13.9. The predicted molar refractivity (Wildman–Crippen MR) is 90.8 cm³/mol. The molecule has 1 aliphatic rings. The van der Waals surface area contributed by atoms with Gasteiger partial charge in [-0.2, -0.15) is 23.1 Å². The number of thiophene rings is 1. The molecule has 22 heavy (non-hydrogen) atoms. The molecule has 0 aliphatic carbocycles. The van der Waals surface area contributed by atoms with Gasteiger partial charge in [-0.15, -0.1) is 0 Å². The number of carbonyl (C=O) groups excluding carboxylic acids is 1. The van der Waals surface area contributed by atoms with Gasteiger partial charge in [0.2, 0.25) is 5.91 Å². The molecule has 0 radical (unpaired) electrons. The van der Waals surface area contributed by atoms with Crippen LogP contribution in [0.15, 0.2) is 41.1 Å². The SMILES string of the molecule is O=C(Cc1ccsc1)N1CCSC(c2ccccc2F)CC1. The summed E-state index contributed by atoms with van der Waals surface area (Å²) in [7, 11) is 0. The van der Waals surface area contributed by atoms with Crippen molar-refractivity contribution in [2.24, 2.45) is 0 Å². The Hall–Kier alpha value is -1.33. The van der Waals surface area contributed by atoms with Gasteiger partial charge in [0.05, 0.1) is 6.42 Å². The van der Waals surface area contributed by atoms with Crippen LogP contribution in [-0.4, -0.2) is 29.6 Å². The van der Waals surface area contributed by atoms with Gasteiger partial charge in [0.1, 0.15) is 5.82 Å². The zero-order valence-corrected chi connectivity index (χ0v) is 13.8. The minimum Gasteiger partial charge on any atom is -0.342 e. The summed E-state index contributed by atoms with van der Waals surface area (Å²) < 4.78 is 13.9. The molecule has 2 aromatic rings. The zero-order chi connectivity index (χ0) is 15.4. The number of benzene rings is 1. The Morgan fingerprint density at radius 1 is 1.27 bits per heavy atom. The molecule has 0 saturated carbocycles. The number of hydrogen-bond acceptors (Lipinski definition) is 3. The first-order valence-electron chi connectivity index (χ1n) is 7.39. The van der Waals surface area contributed by atoms with Crippen LogP contribution in [0.1, 0.15) is 22.8 Å². The summed E-state index contributed by atoms with van der Waals surface area (Å²) in [5.41, 5.74) is 1.84. The van der Waals surface area contributed by atoms with E-state index in [-0.39, 0.29) is 17.0 Å². The fraction of sp³-hybridized carbons (Fsp3) is 0.353. The molecule has 3 rings (SSSR count). The summed E-state index contributed by atoms with van der Waals surface area (Å²) in [4.78, 5) is 14.3. The monoisotopic (exact) mass is 335 g/mol. The van der Waals surface area contributed by atoms with Gasteiger partial charge in [-0.25, -0.2) is 4.39 Å². The highest BCUT2D eigenvalue weighted by Gasteiger charge is 2.23. The van der Waals surface area contributed by atoms with Crippen molar-refractivity contribution in [1.82, 2.24) is 4.90 Å². The molecule has 1 unspecified atom stereocenters. The highest BCUT2D eigenvalue weighted by molar-refractivity contribution is 7.99. The average Bonchev–Trinajstić information content (AvgIpc) is 2.90. The van der Waals surface area contributed by atoms with Crippen LogP contribution in [-0.2, 0) is 11.2 Å². The van der Waals surface area contributed by atoms with E-state index in [1.165, 1.54) is 6.07 Å². The summed E-state index contributed by atoms with van der Waals surface area (Å²) in [6.07, 6.45) is 1.28. The van der Waals surface area contributed by atoms with Crippen LogP contribution >= 0.6 is 23.1 Å². The summed E-state index contributed by atoms with van der Waals surface area (Å²) in [5, 5.41) is 4.15. The molecule has 0 bridgehead atoms. The van der Waals surface area contributed by atoms with Crippen LogP contribution in [0.25, 0.3) is 0 Å². The molecule has 2 nitrogen and oxygen atoms in total. The maximum atomic E-state index is 13.9. The average molecular weight is 335 g/mol. The lowest BCUT2D eigenvalue weighted by molar-refractivity contribution is -0.130. The van der Waals surface area contributed by atoms with Crippen molar-refractivity contribution in [3.63, 3.8) is 0 Å². The van der Waals surface area contributed by atoms with E-state index in [0.29, 0.717) is 13.0 Å². The van der Waals surface area contributed by atoms with Gasteiger partial charge in [0, 0.05) is 29.7 Å². The molecular formula is C17H18FNOS2. The van der Waals surface area contributed by atoms with Gasteiger partial charge < -0.3 is 4.90 Å². The molecule has 2 heterocycles. The van der Waals surface area contributed by atoms with Crippen molar-refractivity contribution in [3.05, 3.63) is 58.0 Å². The fourth-order valence-corrected chi connectivity index (χ4v) is 4.61. The largest absolute Gasteiger partial charge is 0.342 e. The Morgan fingerprint density at radius 3 is 2.91 bits per heavy atom. The normalized spacial score (nSPS) is 19.0. The van der Waals surface area contributed by atoms with Crippen molar-refractivity contribution in [2.75, 3.05) is 18.8 Å². The van der Waals surface area contributed by atoms with Gasteiger partial charge in [-0.05, 0) is 34.9 Å². The molecule has 5 heteroatoms. The highest BCUT2D eigenvalue weighted by atomic mass is 32.2. The number of hydrogen-bond donors (Lipinski definition) is 0. The Balaban J connectivity index is 1.62. The van der Waals surface area contributed by atoms with Crippen LogP contribution in [0.5, 0.6) is 0 Å². The van der Waals surface area contributed by atoms with Crippen molar-refractivity contribution in [1.29, 1.82) is 0 Å². The molecule has 0 N–H and O–H groups in total. The molecule has 0 spiro atoms. The molecule has 1 saturated heterocycles. The van der Waals surface area contributed by atoms with Crippen LogP contribution in [0.2, 0.25) is 0 Å². The number of rotatable bonds is 3. The number of halogens is 1. The molecule has 1 fully saturated rings. The van der Waals surface area contributed by atoms with Crippen LogP contribution in [0.3, 0.4) is 0 Å². The van der Waals surface area contributed by atoms with E-state index in [2.05, 4.69) is 0 Å². The van der Waals surface area contributed by atoms with E-state index in [4.69, 9.17) is 0 Å². The van der Waals surface area contributed by atoms with Crippen molar-refractivity contribution < 1.29 is 9.18 Å². The van der Waals surface area contributed by atoms with E-state index in [0.717, 1.165) is 29.8 Å². The Morgan fingerprint density at radius 2 is 2.14 bits per heavy atom. The van der Waals surface area contributed by atoms with Crippen molar-refractivity contribution in [2.45, 2.75) is 18.1 Å². The molecule has 1 aromatic heterocycles. The summed E-state index contributed by atoms with van der Waals surface area (Å²) in [5.74, 6) is 0.889. The second kappa shape index (κ2) is 7.29. The first kappa shape index (κ1) is 15.6. The van der Waals surface area contributed by atoms with Gasteiger partial charge in [-0.3, -0.25) is 4.79 Å². The minimum atomic E-state index is -0.141. The third-order valence-corrected chi connectivity index (χ3v) is 5.92. The minimum absolute atomic E-state index is 0.139. The zero-order valence-electron chi connectivity index (χ0n) is 12.2. The van der Waals surface area contributed by atoms with E-state index in [1.807, 2.05) is 33.9 Å². The molecule has 116 valence electrons. The maximum Gasteiger partial charge on any atom is 0.227 e. The number of amides is 1. The predicted octanol–water partition coefficient (Wildman–Crippen LogP) is 4.14. The smallest absolute Gasteiger partial charge is 0.227 e. The van der Waals surface area contributed by atoms with Crippen LogP contribution < -0.4 is 0 Å². The van der Waals surface area contributed by atoms with E-state index < -0.39 is 0 Å². The standard InChI is InChI=1S/C17H18FNOS2/c18-15-4-2-1-3-14(15)16-5-7-19(8-10-22-16)17(20)11-13-6-9-21-12-13/h1-4,6,9,12,16H,5,7-8,10-11H2. The molecule has 1 aromatic carbocycles. The van der Waals surface area contributed by atoms with Crippen LogP contribution in [0.4, 0.5) is 4.39 Å². The summed E-state index contributed by atoms with van der Waals surface area (Å²) in [6, 6.07) is 8.97. The summed E-state index contributed by atoms with van der Waals surface area (Å²) in [6.45, 7) is 1.45. The lowest BCUT2D eigenvalue weighted by Gasteiger charge is -2.20. The van der Waals surface area contributed by atoms with Gasteiger partial charge in [-0.1, -0.05) is 18.2 Å². The lowest BCUT2D eigenvalue weighted by Crippen LogP contribution is -2.34. The van der Waals surface area contributed by atoms with Gasteiger partial charge in [0.15, 0.2) is 0 Å². The topological polar surface area (TPSA) is 20.3 Å². The molecule has 1 aliphatic heterocycles. The third-order valence-electron chi connectivity index (χ3n) is 3.88. The Kier molecular flexibility index (Phi) is 5.16. The van der Waals surface area contributed by atoms with Gasteiger partial charge >= 0.3 is 0 Å². The quantitative estimate of drug-likeness (QED) is 0.840. The first-order valence-corrected chi connectivity index (χ1v) is 9.38. The van der Waals surface area contributed by atoms with Crippen molar-refractivity contribution >= 4 is 29.0 Å². The Labute approximate surface area is 138 Å². The molecule has 1 amide bonds. The Bertz CT molecular complexity index is 629. The van der Waals surface area contributed by atoms with E-state index in [1.54, 1.807) is 29.2 Å². The lowest BCUT2D eigenvalue weighted by atomic mass is 10.1. The van der Waals surface area contributed by atoms with Crippen LogP contribution in [0, 0.1) is 5.82 Å². The first-order chi connectivity index (χ1) is 10.7. The number of nitrogens with zero attached hydrogens (tertiary/aromatic N) is 1. The second-order valence-electron chi connectivity index (χ2n) is 5.36. The summed E-state index contributed by atoms with van der Waals surface area (Å²) >= 11 is 3.36. The van der Waals surface area contributed by atoms with E-state index in [9.17, 15) is 9.18 Å². The third kappa shape index (κ3) is 3.70. The molecular weight excluding hydrogens is 317 g/mol. The molecule has 1 atom stereocenters. The van der Waals surface area contributed by atoms with Crippen molar-refractivity contribution in [3.8, 4) is 0 Å².